The van der Waals surface area contributed by atoms with Crippen LogP contribution in [0.15, 0.2) is 71.5 Å². The second-order valence-corrected chi connectivity index (χ2v) is 17.2. The lowest BCUT2D eigenvalue weighted by atomic mass is 9.75. The zero-order valence-electron chi connectivity index (χ0n) is 33.5. The minimum absolute atomic E-state index is 0.00506. The molecule has 14 nitrogen and oxygen atoms in total. The van der Waals surface area contributed by atoms with Gasteiger partial charge in [-0.25, -0.2) is 9.97 Å². The molecular formula is C45H48N10O4. The molecule has 2 aliphatic carbocycles. The first-order chi connectivity index (χ1) is 28.6. The number of fused-ring (bicyclic) bond motifs is 3. The number of amides is 3. The Balaban J connectivity index is 0.761. The lowest BCUT2D eigenvalue weighted by Crippen LogP contribution is -2.53. The number of aromatic nitrogens is 5. The number of hydrogen-bond donors (Lipinski definition) is 4. The summed E-state index contributed by atoms with van der Waals surface area (Å²) in [6, 6.07) is 21.3. The summed E-state index contributed by atoms with van der Waals surface area (Å²) in [5.74, 6) is 0.314. The number of piperidine rings is 1. The van der Waals surface area contributed by atoms with Crippen molar-refractivity contribution in [3.8, 4) is 11.3 Å². The average Bonchev–Trinajstić information content (AvgIpc) is 3.59. The van der Waals surface area contributed by atoms with E-state index in [2.05, 4.69) is 114 Å². The van der Waals surface area contributed by atoms with Gasteiger partial charge in [-0.05, 0) is 98.9 Å². The summed E-state index contributed by atoms with van der Waals surface area (Å²) in [6.07, 6.45) is 6.82. The number of carbonyl (C=O) groups excluding carboxylic acids is 3. The van der Waals surface area contributed by atoms with Crippen LogP contribution < -0.4 is 20.9 Å². The number of nitrogens with one attached hydrogen (secondary N) is 4. The van der Waals surface area contributed by atoms with Crippen molar-refractivity contribution < 1.29 is 18.9 Å². The van der Waals surface area contributed by atoms with Crippen LogP contribution in [0.1, 0.15) is 97.5 Å². The largest absolute Gasteiger partial charge is 0.374 e. The Labute approximate surface area is 341 Å². The van der Waals surface area contributed by atoms with E-state index in [4.69, 9.17) is 9.51 Å². The van der Waals surface area contributed by atoms with Gasteiger partial charge in [0, 0.05) is 71.9 Å². The Morgan fingerprint density at radius 1 is 0.983 bits per heavy atom. The van der Waals surface area contributed by atoms with Gasteiger partial charge in [0.2, 0.25) is 11.8 Å². The molecular weight excluding hydrogens is 745 g/mol. The minimum Gasteiger partial charge on any atom is -0.374 e. The Morgan fingerprint density at radius 3 is 2.53 bits per heavy atom. The molecule has 4 aliphatic rings. The maximum Gasteiger partial charge on any atom is 0.315 e. The predicted molar refractivity (Wildman–Crippen MR) is 224 cm³/mol. The third kappa shape index (κ3) is 7.09. The van der Waals surface area contributed by atoms with Crippen molar-refractivity contribution in [1.82, 2.24) is 40.6 Å². The predicted octanol–water partition coefficient (Wildman–Crippen LogP) is 6.30. The van der Waals surface area contributed by atoms with Crippen molar-refractivity contribution >= 4 is 51.0 Å². The summed E-state index contributed by atoms with van der Waals surface area (Å²) < 4.78 is 5.29. The first-order valence-electron chi connectivity index (χ1n) is 20.8. The third-order valence-electron chi connectivity index (χ3n) is 13.2. The number of carbonyl (C=O) groups is 3. The number of anilines is 2. The van der Waals surface area contributed by atoms with Crippen molar-refractivity contribution in [2.24, 2.45) is 0 Å². The molecule has 1 unspecified atom stereocenters. The number of nitrogens with zero attached hydrogens (tertiary/aromatic N) is 6. The summed E-state index contributed by atoms with van der Waals surface area (Å²) in [5, 5.41) is 14.8. The van der Waals surface area contributed by atoms with Gasteiger partial charge in [-0.15, -0.1) is 0 Å². The summed E-state index contributed by atoms with van der Waals surface area (Å²) in [6.45, 7) is 10.1. The molecule has 14 heteroatoms. The number of benzene rings is 3. The van der Waals surface area contributed by atoms with E-state index in [1.807, 2.05) is 13.0 Å². The van der Waals surface area contributed by atoms with Crippen LogP contribution in [-0.2, 0) is 15.0 Å². The summed E-state index contributed by atoms with van der Waals surface area (Å²) in [4.78, 5) is 59.0. The zero-order chi connectivity index (χ0) is 40.4. The van der Waals surface area contributed by atoms with E-state index in [1.54, 1.807) is 6.33 Å². The summed E-state index contributed by atoms with van der Waals surface area (Å²) in [5.41, 5.74) is 9.08. The van der Waals surface area contributed by atoms with E-state index in [0.29, 0.717) is 30.6 Å². The second kappa shape index (κ2) is 14.6. The van der Waals surface area contributed by atoms with Crippen LogP contribution in [0.2, 0.25) is 0 Å². The first kappa shape index (κ1) is 37.1. The lowest BCUT2D eigenvalue weighted by Gasteiger charge is -2.47. The van der Waals surface area contributed by atoms with Crippen LogP contribution in [0.4, 0.5) is 11.4 Å². The number of hydrogen-bond acceptors (Lipinski definition) is 11. The Hall–Kier alpha value is -6.15. The third-order valence-corrected chi connectivity index (χ3v) is 13.2. The van der Waals surface area contributed by atoms with Gasteiger partial charge in [-0.1, -0.05) is 42.4 Å². The van der Waals surface area contributed by atoms with Crippen LogP contribution in [0.5, 0.6) is 0 Å². The van der Waals surface area contributed by atoms with Gasteiger partial charge in [0.1, 0.15) is 18.0 Å². The van der Waals surface area contributed by atoms with Gasteiger partial charge in [0.25, 0.3) is 0 Å². The van der Waals surface area contributed by atoms with E-state index >= 15 is 0 Å². The van der Waals surface area contributed by atoms with E-state index in [0.717, 1.165) is 102 Å². The number of H-pyrrole nitrogens is 1. The first-order valence-corrected chi connectivity index (χ1v) is 20.8. The smallest absolute Gasteiger partial charge is 0.315 e. The van der Waals surface area contributed by atoms with Crippen LogP contribution >= 0.6 is 0 Å². The molecule has 2 aliphatic heterocycles. The second-order valence-electron chi connectivity index (χ2n) is 17.2. The number of rotatable bonds is 10. The molecule has 0 radical (unpaired) electrons. The lowest BCUT2D eigenvalue weighted by molar-refractivity contribution is -0.133. The van der Waals surface area contributed by atoms with Crippen LogP contribution in [0.25, 0.3) is 33.2 Å². The molecule has 6 aromatic rings. The molecule has 2 saturated carbocycles. The molecule has 0 spiro atoms. The zero-order valence-corrected chi connectivity index (χ0v) is 33.5. The standard InChI is InChI=1S/C45H48N10O4/c1-25-20-28(6-10-33(25)26(2)48-42(58)43-52-44(53-59-43)45(3)14-15-45)39-38-34-11-9-31(23-36(34)50-40(38)47-24-46-39)54-16-18-55(19-17-54)32-21-29(22-32)27-4-7-30(8-5-27)49-35-12-13-37(56)51-41(35)57/h4-11,20,23-24,26,29,32,35,49H,12-19,21-22H2,1-3H3,(H,48,58)(H,46,47,50)(H,51,56,57)/t26-,29?,32?,35?/m1/s1. The molecule has 2 atom stereocenters. The molecule has 59 heavy (non-hydrogen) atoms. The topological polar surface area (TPSA) is 174 Å². The van der Waals surface area contributed by atoms with Crippen molar-refractivity contribution in [2.75, 3.05) is 36.4 Å². The van der Waals surface area contributed by atoms with Crippen molar-refractivity contribution in [2.45, 2.75) is 88.8 Å². The molecule has 3 aromatic heterocycles. The Kier molecular flexibility index (Phi) is 9.19. The van der Waals surface area contributed by atoms with E-state index < -0.39 is 0 Å². The van der Waals surface area contributed by atoms with Gasteiger partial charge in [-0.2, -0.15) is 4.98 Å². The quantitative estimate of drug-likeness (QED) is 0.115. The number of aromatic amines is 1. The molecule has 302 valence electrons. The molecule has 2 saturated heterocycles. The fraction of sp³-hybridized carbons (Fsp3) is 0.400. The average molecular weight is 793 g/mol. The fourth-order valence-corrected chi connectivity index (χ4v) is 9.14. The van der Waals surface area contributed by atoms with Gasteiger partial charge in [0.05, 0.1) is 17.1 Å². The molecule has 10 rings (SSSR count). The van der Waals surface area contributed by atoms with Crippen LogP contribution in [0.3, 0.4) is 0 Å². The van der Waals surface area contributed by atoms with E-state index in [9.17, 15) is 14.4 Å². The number of piperazine rings is 1. The highest BCUT2D eigenvalue weighted by atomic mass is 16.5. The normalized spacial score (nSPS) is 22.2. The summed E-state index contributed by atoms with van der Waals surface area (Å²) >= 11 is 0. The SMILES string of the molecule is Cc1cc(-c2ncnc3[nH]c4cc(N5CCN(C6CC(c7ccc(NC8CCC(=O)NC8=O)cc7)C6)CC5)ccc4c23)ccc1[C@@H](C)NC(=O)c1nc(C2(C)CC2)no1. The molecule has 5 heterocycles. The number of aryl methyl sites for hydroxylation is 1. The highest BCUT2D eigenvalue weighted by Crippen LogP contribution is 2.46. The number of imide groups is 1. The Bertz CT molecular complexity index is 2600. The monoisotopic (exact) mass is 792 g/mol. The molecule has 3 amide bonds. The molecule has 4 fully saturated rings. The van der Waals surface area contributed by atoms with E-state index in [-0.39, 0.29) is 41.1 Å². The van der Waals surface area contributed by atoms with Gasteiger partial charge >= 0.3 is 11.8 Å². The highest BCUT2D eigenvalue weighted by Gasteiger charge is 2.44. The van der Waals surface area contributed by atoms with Gasteiger partial charge < -0.3 is 25.0 Å². The molecule has 3 aromatic carbocycles. The maximum absolute atomic E-state index is 13.0. The van der Waals surface area contributed by atoms with Crippen molar-refractivity contribution in [3.05, 3.63) is 95.4 Å². The highest BCUT2D eigenvalue weighted by molar-refractivity contribution is 6.12. The minimum atomic E-state index is -0.378. The summed E-state index contributed by atoms with van der Waals surface area (Å²) in [7, 11) is 0. The van der Waals surface area contributed by atoms with Crippen molar-refractivity contribution in [1.29, 1.82) is 0 Å². The van der Waals surface area contributed by atoms with Gasteiger partial charge in [0.15, 0.2) is 5.82 Å². The molecule has 4 N–H and O–H groups in total. The van der Waals surface area contributed by atoms with Crippen molar-refractivity contribution in [3.63, 3.8) is 0 Å². The maximum atomic E-state index is 13.0. The Morgan fingerprint density at radius 2 is 1.78 bits per heavy atom. The van der Waals surface area contributed by atoms with Crippen LogP contribution in [0, 0.1) is 6.92 Å². The van der Waals surface area contributed by atoms with Gasteiger partial charge in [-0.3, -0.25) is 24.6 Å². The van der Waals surface area contributed by atoms with Crippen LogP contribution in [-0.4, -0.2) is 86.0 Å². The fourth-order valence-electron chi connectivity index (χ4n) is 9.14. The molecule has 0 bridgehead atoms. The van der Waals surface area contributed by atoms with E-state index in [1.165, 1.54) is 11.3 Å².